The van der Waals surface area contributed by atoms with Crippen molar-refractivity contribution in [1.29, 1.82) is 0 Å². The van der Waals surface area contributed by atoms with Crippen LogP contribution in [-0.4, -0.2) is 35.3 Å². The van der Waals surface area contributed by atoms with E-state index in [0.717, 1.165) is 0 Å². The van der Waals surface area contributed by atoms with E-state index in [0.29, 0.717) is 43.4 Å². The molecule has 0 saturated heterocycles. The highest BCUT2D eigenvalue weighted by Crippen LogP contribution is 2.35. The van der Waals surface area contributed by atoms with E-state index in [2.05, 4.69) is 4.99 Å². The van der Waals surface area contributed by atoms with Gasteiger partial charge >= 0.3 is 5.97 Å². The van der Waals surface area contributed by atoms with E-state index >= 15 is 0 Å². The van der Waals surface area contributed by atoms with Gasteiger partial charge in [-0.15, -0.1) is 0 Å². The molecule has 5 rings (SSSR count). The molecule has 0 N–H and O–H groups in total. The molecular formula is C31H29N3O8S. The molecule has 0 aliphatic carbocycles. The van der Waals surface area contributed by atoms with Gasteiger partial charge in [-0.05, 0) is 63.6 Å². The molecule has 0 spiro atoms. The van der Waals surface area contributed by atoms with Gasteiger partial charge in [0.15, 0.2) is 4.80 Å². The highest BCUT2D eigenvalue weighted by molar-refractivity contribution is 7.07. The number of furan rings is 1. The molecule has 4 aromatic rings. The number of hydrogen-bond donors (Lipinski definition) is 0. The first-order valence-electron chi connectivity index (χ1n) is 13.5. The van der Waals surface area contributed by atoms with Crippen molar-refractivity contribution in [3.63, 3.8) is 0 Å². The summed E-state index contributed by atoms with van der Waals surface area (Å²) in [4.78, 5) is 42.7. The summed E-state index contributed by atoms with van der Waals surface area (Å²) in [6, 6.07) is 14.1. The summed E-state index contributed by atoms with van der Waals surface area (Å²) in [5.74, 6) is 1.20. The number of benzene rings is 2. The van der Waals surface area contributed by atoms with Crippen LogP contribution < -0.4 is 24.4 Å². The van der Waals surface area contributed by atoms with Gasteiger partial charge in [0.25, 0.3) is 11.2 Å². The molecular weight excluding hydrogens is 574 g/mol. The van der Waals surface area contributed by atoms with Gasteiger partial charge in [0, 0.05) is 12.1 Å². The molecule has 1 aliphatic rings. The lowest BCUT2D eigenvalue weighted by atomic mass is 9.96. The van der Waals surface area contributed by atoms with Gasteiger partial charge in [-0.1, -0.05) is 23.5 Å². The number of fused-ring (bicyclic) bond motifs is 1. The van der Waals surface area contributed by atoms with Gasteiger partial charge in [0.05, 0.1) is 58.2 Å². The van der Waals surface area contributed by atoms with Crippen molar-refractivity contribution in [1.82, 2.24) is 4.57 Å². The summed E-state index contributed by atoms with van der Waals surface area (Å²) in [5, 5.41) is 11.2. The van der Waals surface area contributed by atoms with E-state index in [1.165, 1.54) is 35.1 Å². The van der Waals surface area contributed by atoms with Crippen molar-refractivity contribution >= 4 is 29.1 Å². The average molecular weight is 604 g/mol. The molecule has 2 aromatic heterocycles. The quantitative estimate of drug-likeness (QED) is 0.152. The minimum atomic E-state index is -0.762. The second kappa shape index (κ2) is 12.1. The fraction of sp³-hybridized carbons (Fsp3) is 0.258. The Morgan fingerprint density at radius 2 is 1.93 bits per heavy atom. The molecule has 0 radical (unpaired) electrons. The molecule has 0 fully saturated rings. The van der Waals surface area contributed by atoms with Crippen molar-refractivity contribution < 1.29 is 28.3 Å². The molecule has 0 amide bonds. The Morgan fingerprint density at radius 3 is 2.58 bits per heavy atom. The lowest BCUT2D eigenvalue weighted by Crippen LogP contribution is -2.39. The highest BCUT2D eigenvalue weighted by atomic mass is 32.1. The van der Waals surface area contributed by atoms with Crippen molar-refractivity contribution in [2.45, 2.75) is 39.8 Å². The monoisotopic (exact) mass is 603 g/mol. The summed E-state index contributed by atoms with van der Waals surface area (Å²) in [6.45, 7) is 7.49. The van der Waals surface area contributed by atoms with E-state index in [1.54, 1.807) is 50.3 Å². The summed E-state index contributed by atoms with van der Waals surface area (Å²) >= 11 is 1.17. The van der Waals surface area contributed by atoms with Gasteiger partial charge in [-0.25, -0.2) is 9.79 Å². The standard InChI is InChI=1S/C31H29N3O8S/c1-6-40-30(36)27-18(4)32-31-33(28(27)19-7-10-21(11-8-19)41-17(2)3)29(35)26(43-31)16-22-12-14-24(42-22)23-13-9-20(34(37)38)15-25(23)39-5/h7-17,28H,6H2,1-5H3/b26-16-/t28-/m0/s1. The predicted molar refractivity (Wildman–Crippen MR) is 160 cm³/mol. The van der Waals surface area contributed by atoms with Crippen LogP contribution in [0.2, 0.25) is 0 Å². The zero-order valence-electron chi connectivity index (χ0n) is 24.2. The fourth-order valence-electron chi connectivity index (χ4n) is 4.81. The van der Waals surface area contributed by atoms with E-state index in [9.17, 15) is 19.7 Å². The maximum Gasteiger partial charge on any atom is 0.338 e. The predicted octanol–water partition coefficient (Wildman–Crippen LogP) is 4.76. The smallest absolute Gasteiger partial charge is 0.338 e. The van der Waals surface area contributed by atoms with Crippen LogP contribution in [0.5, 0.6) is 11.5 Å². The SMILES string of the molecule is CCOC(=O)C1=C(C)N=c2s/c(=C\c3ccc(-c4ccc([N+](=O)[O-])cc4OC)o3)c(=O)n2[C@H]1c1ccc(OC(C)C)cc1. The molecule has 1 atom stereocenters. The summed E-state index contributed by atoms with van der Waals surface area (Å²) in [7, 11) is 1.42. The van der Waals surface area contributed by atoms with Crippen molar-refractivity contribution in [3.8, 4) is 22.8 Å². The summed E-state index contributed by atoms with van der Waals surface area (Å²) < 4.78 is 24.3. The first kappa shape index (κ1) is 29.5. The van der Waals surface area contributed by atoms with Crippen LogP contribution in [0, 0.1) is 10.1 Å². The molecule has 0 unspecified atom stereocenters. The van der Waals surface area contributed by atoms with Gasteiger partial charge in [0.2, 0.25) is 0 Å². The Balaban J connectivity index is 1.59. The van der Waals surface area contributed by atoms with Crippen LogP contribution in [-0.2, 0) is 9.53 Å². The third-order valence-electron chi connectivity index (χ3n) is 6.65. The van der Waals surface area contributed by atoms with Crippen molar-refractivity contribution in [2.24, 2.45) is 4.99 Å². The molecule has 12 heteroatoms. The molecule has 2 aromatic carbocycles. The second-order valence-electron chi connectivity index (χ2n) is 9.88. The molecule has 1 aliphatic heterocycles. The second-order valence-corrected chi connectivity index (χ2v) is 10.9. The van der Waals surface area contributed by atoms with Crippen LogP contribution >= 0.6 is 11.3 Å². The third-order valence-corrected chi connectivity index (χ3v) is 7.63. The first-order valence-corrected chi connectivity index (χ1v) is 14.3. The van der Waals surface area contributed by atoms with Gasteiger partial charge in [0.1, 0.15) is 23.0 Å². The molecule has 11 nitrogen and oxygen atoms in total. The largest absolute Gasteiger partial charge is 0.496 e. The van der Waals surface area contributed by atoms with Gasteiger partial charge in [-0.2, -0.15) is 0 Å². The van der Waals surface area contributed by atoms with E-state index in [-0.39, 0.29) is 35.3 Å². The lowest BCUT2D eigenvalue weighted by molar-refractivity contribution is -0.384. The zero-order valence-corrected chi connectivity index (χ0v) is 25.0. The number of esters is 1. The summed E-state index contributed by atoms with van der Waals surface area (Å²) in [6.07, 6.45) is 1.59. The topological polar surface area (TPSA) is 135 Å². The van der Waals surface area contributed by atoms with Crippen LogP contribution in [0.4, 0.5) is 5.69 Å². The number of nitro groups is 1. The molecule has 0 saturated carbocycles. The minimum Gasteiger partial charge on any atom is -0.496 e. The number of methoxy groups -OCH3 is 1. The van der Waals surface area contributed by atoms with E-state index < -0.39 is 16.9 Å². The molecule has 0 bridgehead atoms. The van der Waals surface area contributed by atoms with Gasteiger partial charge < -0.3 is 18.6 Å². The van der Waals surface area contributed by atoms with Crippen LogP contribution in [0.3, 0.4) is 0 Å². The van der Waals surface area contributed by atoms with E-state index in [1.807, 2.05) is 26.0 Å². The zero-order chi connectivity index (χ0) is 30.8. The third kappa shape index (κ3) is 5.86. The summed E-state index contributed by atoms with van der Waals surface area (Å²) in [5.41, 5.74) is 1.51. The minimum absolute atomic E-state index is 0.00985. The number of allylic oxidation sites excluding steroid dienone is 1. The maximum absolute atomic E-state index is 13.9. The normalized spacial score (nSPS) is 14.8. The van der Waals surface area contributed by atoms with Crippen LogP contribution in [0.15, 0.2) is 80.1 Å². The number of thiazole rings is 1. The first-order chi connectivity index (χ1) is 20.6. The highest BCUT2D eigenvalue weighted by Gasteiger charge is 2.33. The number of non-ortho nitro benzene ring substituents is 1. The maximum atomic E-state index is 13.9. The number of nitro benzene ring substituents is 1. The number of rotatable bonds is 9. The Hall–Kier alpha value is -4.97. The number of carbonyl (C=O) groups excluding carboxylic acids is 1. The molecule has 3 heterocycles. The van der Waals surface area contributed by atoms with E-state index in [4.69, 9.17) is 18.6 Å². The number of ether oxygens (including phenoxy) is 3. The Bertz CT molecular complexity index is 1910. The molecule has 222 valence electrons. The Labute approximate surface area is 250 Å². The van der Waals surface area contributed by atoms with Crippen molar-refractivity contribution in [2.75, 3.05) is 13.7 Å². The molecule has 43 heavy (non-hydrogen) atoms. The van der Waals surface area contributed by atoms with Crippen LogP contribution in [0.25, 0.3) is 17.4 Å². The van der Waals surface area contributed by atoms with Crippen LogP contribution in [0.1, 0.15) is 45.1 Å². The van der Waals surface area contributed by atoms with Crippen molar-refractivity contribution in [3.05, 3.63) is 107 Å². The Morgan fingerprint density at radius 1 is 1.19 bits per heavy atom. The number of nitrogens with zero attached hydrogens (tertiary/aromatic N) is 3. The Kier molecular flexibility index (Phi) is 8.31. The lowest BCUT2D eigenvalue weighted by Gasteiger charge is -2.25. The van der Waals surface area contributed by atoms with Gasteiger partial charge in [-0.3, -0.25) is 19.5 Å². The fourth-order valence-corrected chi connectivity index (χ4v) is 5.84. The number of aromatic nitrogens is 1. The number of hydrogen-bond acceptors (Lipinski definition) is 10. The average Bonchev–Trinajstić information content (AvgIpc) is 3.56. The number of carbonyl (C=O) groups is 1.